The van der Waals surface area contributed by atoms with Gasteiger partial charge in [0.15, 0.2) is 0 Å². The fraction of sp³-hybridized carbons (Fsp3) is 0.259. The van der Waals surface area contributed by atoms with Gasteiger partial charge in [0.25, 0.3) is 5.91 Å². The Labute approximate surface area is 208 Å². The van der Waals surface area contributed by atoms with Crippen LogP contribution in [0.3, 0.4) is 0 Å². The Morgan fingerprint density at radius 2 is 2.03 bits per heavy atom. The Hall–Kier alpha value is -3.46. The molecule has 8 heteroatoms. The van der Waals surface area contributed by atoms with Gasteiger partial charge in [0, 0.05) is 48.9 Å². The first-order valence-corrected chi connectivity index (χ1v) is 12.6. The van der Waals surface area contributed by atoms with Crippen molar-refractivity contribution in [2.75, 3.05) is 50.1 Å². The van der Waals surface area contributed by atoms with Gasteiger partial charge in [0.05, 0.1) is 18.9 Å². The molecule has 1 saturated heterocycles. The van der Waals surface area contributed by atoms with Crippen molar-refractivity contribution in [3.63, 3.8) is 0 Å². The molecule has 35 heavy (non-hydrogen) atoms. The highest BCUT2D eigenvalue weighted by atomic mass is 32.1. The topological polar surface area (TPSA) is 79.9 Å². The number of nitrogens with zero attached hydrogens (tertiary/aromatic N) is 1. The average molecular weight is 490 g/mol. The van der Waals surface area contributed by atoms with Crippen molar-refractivity contribution in [3.05, 3.63) is 64.4 Å². The number of benzene rings is 2. The predicted molar refractivity (Wildman–Crippen MR) is 140 cm³/mol. The van der Waals surface area contributed by atoms with E-state index in [1.54, 1.807) is 23.5 Å². The molecule has 2 aliphatic rings. The zero-order valence-electron chi connectivity index (χ0n) is 19.5. The maximum Gasteiger partial charge on any atom is 0.256 e. The third kappa shape index (κ3) is 5.45. The quantitative estimate of drug-likeness (QED) is 0.475. The van der Waals surface area contributed by atoms with Crippen molar-refractivity contribution in [2.24, 2.45) is 0 Å². The largest absolute Gasteiger partial charge is 0.492 e. The van der Waals surface area contributed by atoms with E-state index in [1.165, 1.54) is 6.92 Å². The van der Waals surface area contributed by atoms with E-state index in [1.807, 2.05) is 29.7 Å². The molecular formula is C27H27N3O4S. The molecule has 2 aromatic carbocycles. The molecule has 0 atom stereocenters. The molecule has 180 valence electrons. The average Bonchev–Trinajstić information content (AvgIpc) is 3.48. The van der Waals surface area contributed by atoms with Gasteiger partial charge in [-0.3, -0.25) is 14.5 Å². The van der Waals surface area contributed by atoms with Gasteiger partial charge in [-0.05, 0) is 58.3 Å². The first-order valence-electron chi connectivity index (χ1n) is 11.6. The van der Waals surface area contributed by atoms with Crippen LogP contribution in [-0.2, 0) is 14.3 Å². The second-order valence-electron chi connectivity index (χ2n) is 8.52. The van der Waals surface area contributed by atoms with Crippen molar-refractivity contribution in [2.45, 2.75) is 6.92 Å². The Morgan fingerprint density at radius 3 is 2.80 bits per heavy atom. The maximum atomic E-state index is 12.7. The summed E-state index contributed by atoms with van der Waals surface area (Å²) < 4.78 is 11.6. The second-order valence-corrected chi connectivity index (χ2v) is 9.30. The van der Waals surface area contributed by atoms with Gasteiger partial charge in [-0.1, -0.05) is 12.1 Å². The van der Waals surface area contributed by atoms with Gasteiger partial charge in [0.1, 0.15) is 12.4 Å². The number of hydrogen-bond donors (Lipinski definition) is 2. The number of ether oxygens (including phenoxy) is 2. The predicted octanol–water partition coefficient (Wildman–Crippen LogP) is 4.58. The summed E-state index contributed by atoms with van der Waals surface area (Å²) in [6.07, 6.45) is 1.90. The fourth-order valence-electron chi connectivity index (χ4n) is 4.30. The van der Waals surface area contributed by atoms with E-state index in [4.69, 9.17) is 9.47 Å². The molecule has 2 N–H and O–H groups in total. The molecule has 0 aliphatic carbocycles. The first kappa shape index (κ1) is 23.3. The lowest BCUT2D eigenvalue weighted by atomic mass is 10.00. The minimum atomic E-state index is -0.164. The fourth-order valence-corrected chi connectivity index (χ4v) is 4.96. The standard InChI is InChI=1S/C27H27N3O4S/c1-18(31)28-21-3-4-22-24(27(32)29-25(22)16-21)15-19-2-5-26(23(14-19)20-6-13-35-17-20)34-12-9-30-7-10-33-11-8-30/h2-6,13-17H,7-12H2,1H3,(H,28,31)(H,29,32)/b24-15-. The molecule has 3 heterocycles. The smallest absolute Gasteiger partial charge is 0.256 e. The molecule has 1 fully saturated rings. The molecule has 0 spiro atoms. The summed E-state index contributed by atoms with van der Waals surface area (Å²) >= 11 is 1.64. The van der Waals surface area contributed by atoms with Crippen LogP contribution in [0.5, 0.6) is 5.75 Å². The number of thiophene rings is 1. The Morgan fingerprint density at radius 1 is 1.17 bits per heavy atom. The minimum absolute atomic E-state index is 0.154. The lowest BCUT2D eigenvalue weighted by Crippen LogP contribution is -2.38. The Balaban J connectivity index is 1.39. The molecule has 5 rings (SSSR count). The van der Waals surface area contributed by atoms with Gasteiger partial charge in [-0.2, -0.15) is 11.3 Å². The minimum Gasteiger partial charge on any atom is -0.492 e. The molecule has 0 radical (unpaired) electrons. The number of fused-ring (bicyclic) bond motifs is 1. The molecular weight excluding hydrogens is 462 g/mol. The van der Waals surface area contributed by atoms with Gasteiger partial charge < -0.3 is 20.1 Å². The summed E-state index contributed by atoms with van der Waals surface area (Å²) in [6, 6.07) is 13.5. The van der Waals surface area contributed by atoms with Gasteiger partial charge in [-0.25, -0.2) is 0 Å². The van der Waals surface area contributed by atoms with Crippen molar-refractivity contribution >= 4 is 46.2 Å². The van der Waals surface area contributed by atoms with E-state index in [9.17, 15) is 9.59 Å². The first-order chi connectivity index (χ1) is 17.1. The third-order valence-electron chi connectivity index (χ3n) is 6.04. The van der Waals surface area contributed by atoms with Crippen LogP contribution in [-0.4, -0.2) is 56.2 Å². The summed E-state index contributed by atoms with van der Waals surface area (Å²) in [4.78, 5) is 26.4. The van der Waals surface area contributed by atoms with Crippen LogP contribution in [0.25, 0.3) is 22.8 Å². The lowest BCUT2D eigenvalue weighted by Gasteiger charge is -2.26. The lowest BCUT2D eigenvalue weighted by molar-refractivity contribution is -0.114. The van der Waals surface area contributed by atoms with Gasteiger partial charge in [0.2, 0.25) is 5.91 Å². The van der Waals surface area contributed by atoms with Crippen molar-refractivity contribution in [1.82, 2.24) is 4.90 Å². The van der Waals surface area contributed by atoms with E-state index in [-0.39, 0.29) is 11.8 Å². The van der Waals surface area contributed by atoms with E-state index >= 15 is 0 Å². The van der Waals surface area contributed by atoms with Crippen molar-refractivity contribution in [3.8, 4) is 16.9 Å². The van der Waals surface area contributed by atoms with Gasteiger partial charge in [-0.15, -0.1) is 0 Å². The molecule has 0 unspecified atom stereocenters. The summed E-state index contributed by atoms with van der Waals surface area (Å²) in [6.45, 7) is 6.33. The molecule has 1 aromatic heterocycles. The molecule has 2 amide bonds. The highest BCUT2D eigenvalue weighted by Gasteiger charge is 2.24. The monoisotopic (exact) mass is 489 g/mol. The van der Waals surface area contributed by atoms with E-state index in [0.717, 1.165) is 60.9 Å². The number of carbonyl (C=O) groups is 2. The summed E-state index contributed by atoms with van der Waals surface area (Å²) in [5.41, 5.74) is 5.74. The second kappa shape index (κ2) is 10.4. The number of morpholine rings is 1. The van der Waals surface area contributed by atoms with Crippen LogP contribution < -0.4 is 15.4 Å². The molecule has 7 nitrogen and oxygen atoms in total. The van der Waals surface area contributed by atoms with E-state index in [2.05, 4.69) is 33.0 Å². The number of amides is 2. The Kier molecular flexibility index (Phi) is 6.94. The van der Waals surface area contributed by atoms with E-state index in [0.29, 0.717) is 23.6 Å². The van der Waals surface area contributed by atoms with Crippen molar-refractivity contribution in [1.29, 1.82) is 0 Å². The summed E-state index contributed by atoms with van der Waals surface area (Å²) in [5.74, 6) is 0.510. The normalized spacial score (nSPS) is 16.7. The number of anilines is 2. The molecule has 2 aliphatic heterocycles. The van der Waals surface area contributed by atoms with Crippen LogP contribution in [0.15, 0.2) is 53.2 Å². The zero-order chi connectivity index (χ0) is 24.2. The maximum absolute atomic E-state index is 12.7. The number of rotatable bonds is 7. The van der Waals surface area contributed by atoms with Crippen LogP contribution >= 0.6 is 11.3 Å². The van der Waals surface area contributed by atoms with Crippen molar-refractivity contribution < 1.29 is 19.1 Å². The highest BCUT2D eigenvalue weighted by Crippen LogP contribution is 2.37. The van der Waals surface area contributed by atoms with Crippen LogP contribution in [0.1, 0.15) is 18.1 Å². The molecule has 3 aromatic rings. The van der Waals surface area contributed by atoms with E-state index < -0.39 is 0 Å². The number of nitrogens with one attached hydrogen (secondary N) is 2. The van der Waals surface area contributed by atoms with Crippen LogP contribution in [0.4, 0.5) is 11.4 Å². The SMILES string of the molecule is CC(=O)Nc1ccc2c(c1)NC(=O)/C2=C\c1ccc(OCCN2CCOCC2)c(-c2ccsc2)c1. The molecule has 0 bridgehead atoms. The number of hydrogen-bond acceptors (Lipinski definition) is 6. The zero-order valence-corrected chi connectivity index (χ0v) is 20.3. The summed E-state index contributed by atoms with van der Waals surface area (Å²) in [5, 5.41) is 9.79. The third-order valence-corrected chi connectivity index (χ3v) is 6.72. The van der Waals surface area contributed by atoms with Crippen LogP contribution in [0.2, 0.25) is 0 Å². The number of carbonyl (C=O) groups excluding carboxylic acids is 2. The highest BCUT2D eigenvalue weighted by molar-refractivity contribution is 7.08. The summed E-state index contributed by atoms with van der Waals surface area (Å²) in [7, 11) is 0. The Bertz CT molecular complexity index is 1260. The van der Waals surface area contributed by atoms with Crippen LogP contribution in [0, 0.1) is 0 Å². The van der Waals surface area contributed by atoms with Gasteiger partial charge >= 0.3 is 0 Å². The molecule has 0 saturated carbocycles.